The Balaban J connectivity index is 1.42. The van der Waals surface area contributed by atoms with Gasteiger partial charge in [-0.2, -0.15) is 0 Å². The number of benzene rings is 1. The second-order valence-corrected chi connectivity index (χ2v) is 10.9. The van der Waals surface area contributed by atoms with Crippen LogP contribution >= 0.6 is 0 Å². The van der Waals surface area contributed by atoms with E-state index in [2.05, 4.69) is 29.5 Å². The summed E-state index contributed by atoms with van der Waals surface area (Å²) in [5, 5.41) is 17.9. The summed E-state index contributed by atoms with van der Waals surface area (Å²) >= 11 is 0. The monoisotopic (exact) mass is 493 g/mol. The van der Waals surface area contributed by atoms with Gasteiger partial charge in [-0.25, -0.2) is 0 Å². The lowest BCUT2D eigenvalue weighted by Gasteiger charge is -2.56. The van der Waals surface area contributed by atoms with E-state index >= 15 is 0 Å². The summed E-state index contributed by atoms with van der Waals surface area (Å²) in [4.78, 5) is 29.9. The molecule has 0 bridgehead atoms. The van der Waals surface area contributed by atoms with Crippen LogP contribution in [0.25, 0.3) is 0 Å². The van der Waals surface area contributed by atoms with E-state index in [1.54, 1.807) is 31.6 Å². The summed E-state index contributed by atoms with van der Waals surface area (Å²) in [6, 6.07) is 11.0. The molecule has 2 aromatic rings. The Morgan fingerprint density at radius 2 is 1.86 bits per heavy atom. The zero-order chi connectivity index (χ0) is 25.9. The van der Waals surface area contributed by atoms with Gasteiger partial charge in [-0.15, -0.1) is 0 Å². The second-order valence-electron chi connectivity index (χ2n) is 10.9. The first-order chi connectivity index (χ1) is 17.2. The lowest BCUT2D eigenvalue weighted by molar-refractivity contribution is -0.142. The van der Waals surface area contributed by atoms with Crippen LogP contribution in [-0.2, 0) is 11.3 Å². The molecule has 0 spiro atoms. The van der Waals surface area contributed by atoms with Gasteiger partial charge in [0, 0.05) is 42.0 Å². The van der Waals surface area contributed by atoms with Crippen LogP contribution in [0.5, 0.6) is 5.75 Å². The number of pyridine rings is 1. The van der Waals surface area contributed by atoms with E-state index in [0.29, 0.717) is 12.1 Å². The van der Waals surface area contributed by atoms with Crippen LogP contribution in [0, 0.1) is 29.1 Å². The third-order valence-electron chi connectivity index (χ3n) is 8.85. The average Bonchev–Trinajstić information content (AvgIpc) is 2.89. The van der Waals surface area contributed by atoms with Crippen LogP contribution in [0.1, 0.15) is 62.4 Å². The van der Waals surface area contributed by atoms with Gasteiger partial charge in [0.1, 0.15) is 5.75 Å². The number of ether oxygens (including phenoxy) is 1. The summed E-state index contributed by atoms with van der Waals surface area (Å²) in [5.74, 6) is 0.239. The normalized spacial score (nSPS) is 30.5. The van der Waals surface area contributed by atoms with E-state index in [1.807, 2.05) is 31.2 Å². The van der Waals surface area contributed by atoms with Gasteiger partial charge in [-0.3, -0.25) is 14.6 Å². The standard InChI is InChI=1S/C29H39N3O4/c1-18(27(34)31-17-21-7-5-6-8-24(21)36-4)22-9-13-29(3)14-10-23(19(2)25(29)26(22)33)32-28(35)20-11-15-30-16-12-20/h5-8,11-12,15-16,18-19,22-23,25-26,33H,9-10,13-14,17H2,1-4H3,(H,31,34)(H,32,35)/t18-,19+,22?,23-,25+,26-,29-/m0/s1. The number of fused-ring (bicyclic) bond motifs is 1. The lowest BCUT2D eigenvalue weighted by Crippen LogP contribution is -2.58. The van der Waals surface area contributed by atoms with Gasteiger partial charge in [0.25, 0.3) is 5.91 Å². The van der Waals surface area contributed by atoms with E-state index in [-0.39, 0.29) is 46.9 Å². The molecule has 3 N–H and O–H groups in total. The number of aliphatic hydroxyl groups is 1. The smallest absolute Gasteiger partial charge is 0.251 e. The van der Waals surface area contributed by atoms with Gasteiger partial charge >= 0.3 is 0 Å². The molecule has 1 aromatic heterocycles. The van der Waals surface area contributed by atoms with E-state index in [1.165, 1.54) is 0 Å². The highest BCUT2D eigenvalue weighted by Gasteiger charge is 2.53. The van der Waals surface area contributed by atoms with E-state index in [0.717, 1.165) is 37.0 Å². The number of nitrogens with one attached hydrogen (secondary N) is 2. The fourth-order valence-electron chi connectivity index (χ4n) is 6.64. The Hall–Kier alpha value is -2.93. The van der Waals surface area contributed by atoms with Crippen molar-refractivity contribution in [3.63, 3.8) is 0 Å². The molecule has 194 valence electrons. The molecular formula is C29H39N3O4. The predicted octanol–water partition coefficient (Wildman–Crippen LogP) is 3.96. The Bertz CT molecular complexity index is 1060. The maximum Gasteiger partial charge on any atom is 0.251 e. The third kappa shape index (κ3) is 5.26. The molecule has 1 heterocycles. The highest BCUT2D eigenvalue weighted by atomic mass is 16.5. The van der Waals surface area contributed by atoms with Crippen LogP contribution < -0.4 is 15.4 Å². The minimum Gasteiger partial charge on any atom is -0.496 e. The van der Waals surface area contributed by atoms with Crippen LogP contribution in [0.15, 0.2) is 48.8 Å². The fourth-order valence-corrected chi connectivity index (χ4v) is 6.64. The maximum atomic E-state index is 13.1. The average molecular weight is 494 g/mol. The fraction of sp³-hybridized carbons (Fsp3) is 0.552. The molecule has 4 rings (SSSR count). The zero-order valence-electron chi connectivity index (χ0n) is 21.7. The SMILES string of the molecule is COc1ccccc1CNC(=O)[C@@H](C)C1CC[C@@]2(C)CC[C@H](NC(=O)c3ccncc3)[C@@H](C)[C@@H]2[C@H]1O. The zero-order valence-corrected chi connectivity index (χ0v) is 21.7. The number of carbonyl (C=O) groups excluding carboxylic acids is 2. The Kier molecular flexibility index (Phi) is 7.98. The second kappa shape index (κ2) is 11.0. The number of nitrogens with zero attached hydrogens (tertiary/aromatic N) is 1. The van der Waals surface area contributed by atoms with E-state index in [9.17, 15) is 14.7 Å². The molecule has 0 radical (unpaired) electrons. The molecule has 7 nitrogen and oxygen atoms in total. The van der Waals surface area contributed by atoms with Gasteiger partial charge in [-0.1, -0.05) is 39.0 Å². The Labute approximate surface area is 214 Å². The minimum atomic E-state index is -0.605. The molecule has 2 saturated carbocycles. The molecule has 2 aliphatic rings. The van der Waals surface area contributed by atoms with Crippen molar-refractivity contribution in [1.29, 1.82) is 0 Å². The van der Waals surface area contributed by atoms with Crippen molar-refractivity contribution in [2.75, 3.05) is 7.11 Å². The minimum absolute atomic E-state index is 0.000822. The van der Waals surface area contributed by atoms with Crippen molar-refractivity contribution in [3.05, 3.63) is 59.9 Å². The number of hydrogen-bond acceptors (Lipinski definition) is 5. The van der Waals surface area contributed by atoms with Crippen LogP contribution in [-0.4, -0.2) is 41.2 Å². The summed E-state index contributed by atoms with van der Waals surface area (Å²) in [5.41, 5.74) is 1.51. The molecule has 0 saturated heterocycles. The van der Waals surface area contributed by atoms with Gasteiger partial charge in [0.2, 0.25) is 5.91 Å². The third-order valence-corrected chi connectivity index (χ3v) is 8.85. The molecule has 1 unspecified atom stereocenters. The molecule has 0 aliphatic heterocycles. The van der Waals surface area contributed by atoms with Crippen molar-refractivity contribution in [3.8, 4) is 5.75 Å². The van der Waals surface area contributed by atoms with Crippen molar-refractivity contribution in [2.24, 2.45) is 29.1 Å². The highest BCUT2D eigenvalue weighted by molar-refractivity contribution is 5.94. The molecule has 2 aliphatic carbocycles. The van der Waals surface area contributed by atoms with Gasteiger partial charge < -0.3 is 20.5 Å². The van der Waals surface area contributed by atoms with Crippen molar-refractivity contribution < 1.29 is 19.4 Å². The molecule has 7 atom stereocenters. The first-order valence-corrected chi connectivity index (χ1v) is 13.0. The molecule has 7 heteroatoms. The molecule has 2 fully saturated rings. The van der Waals surface area contributed by atoms with Crippen molar-refractivity contribution in [1.82, 2.24) is 15.6 Å². The van der Waals surface area contributed by atoms with Gasteiger partial charge in [-0.05, 0) is 67.1 Å². The Morgan fingerprint density at radius 3 is 2.58 bits per heavy atom. The Morgan fingerprint density at radius 1 is 1.17 bits per heavy atom. The molecule has 2 amide bonds. The largest absolute Gasteiger partial charge is 0.496 e. The van der Waals surface area contributed by atoms with E-state index < -0.39 is 6.10 Å². The number of hydrogen-bond donors (Lipinski definition) is 3. The number of para-hydroxylation sites is 1. The van der Waals surface area contributed by atoms with Crippen LogP contribution in [0.3, 0.4) is 0 Å². The van der Waals surface area contributed by atoms with Crippen LogP contribution in [0.2, 0.25) is 0 Å². The summed E-state index contributed by atoms with van der Waals surface area (Å²) in [7, 11) is 1.62. The van der Waals surface area contributed by atoms with Crippen LogP contribution in [0.4, 0.5) is 0 Å². The summed E-state index contributed by atoms with van der Waals surface area (Å²) < 4.78 is 5.39. The van der Waals surface area contributed by atoms with Gasteiger partial charge in [0.15, 0.2) is 0 Å². The number of methoxy groups -OCH3 is 1. The summed E-state index contributed by atoms with van der Waals surface area (Å²) in [6.45, 7) is 6.71. The molecular weight excluding hydrogens is 454 g/mol. The van der Waals surface area contributed by atoms with Crippen molar-refractivity contribution in [2.45, 2.75) is 65.1 Å². The predicted molar refractivity (Wildman–Crippen MR) is 138 cm³/mol. The molecule has 36 heavy (non-hydrogen) atoms. The highest BCUT2D eigenvalue weighted by Crippen LogP contribution is 2.55. The topological polar surface area (TPSA) is 101 Å². The quantitative estimate of drug-likeness (QED) is 0.542. The van der Waals surface area contributed by atoms with E-state index in [4.69, 9.17) is 4.74 Å². The first kappa shape index (κ1) is 26.1. The number of aliphatic hydroxyl groups excluding tert-OH is 1. The summed E-state index contributed by atoms with van der Waals surface area (Å²) in [6.07, 6.45) is 6.25. The maximum absolute atomic E-state index is 13.1. The lowest BCUT2D eigenvalue weighted by atomic mass is 9.51. The number of amides is 2. The number of rotatable bonds is 7. The number of aromatic nitrogens is 1. The van der Waals surface area contributed by atoms with Gasteiger partial charge in [0.05, 0.1) is 13.2 Å². The molecule has 1 aromatic carbocycles. The number of carbonyl (C=O) groups is 2. The van der Waals surface area contributed by atoms with Crippen molar-refractivity contribution >= 4 is 11.8 Å². The first-order valence-electron chi connectivity index (χ1n) is 13.0.